The maximum Gasteiger partial charge on any atom is 0.267 e. The Morgan fingerprint density at radius 3 is 2.62 bits per heavy atom. The van der Waals surface area contributed by atoms with Gasteiger partial charge in [0.1, 0.15) is 4.83 Å². The van der Waals surface area contributed by atoms with E-state index in [9.17, 15) is 9.59 Å². The van der Waals surface area contributed by atoms with Gasteiger partial charge >= 0.3 is 0 Å². The van der Waals surface area contributed by atoms with Crippen molar-refractivity contribution in [2.24, 2.45) is 0 Å². The first-order valence-corrected chi connectivity index (χ1v) is 12.5. The quantitative estimate of drug-likeness (QED) is 0.321. The molecular formula is C25H23N3O2S2. The SMILES string of the molecule is Cc1ccc(NC(=O)CSc2nc3sc4c(c3c(=O)n2-c2ccccc2)CCCC4)cc1. The van der Waals surface area contributed by atoms with E-state index >= 15 is 0 Å². The van der Waals surface area contributed by atoms with Crippen molar-refractivity contribution in [1.82, 2.24) is 9.55 Å². The van der Waals surface area contributed by atoms with Crippen LogP contribution in [0.15, 0.2) is 64.5 Å². The van der Waals surface area contributed by atoms with E-state index < -0.39 is 0 Å². The summed E-state index contributed by atoms with van der Waals surface area (Å²) in [5.74, 6) is 0.0438. The van der Waals surface area contributed by atoms with Gasteiger partial charge in [0.2, 0.25) is 5.91 Å². The number of nitrogens with one attached hydrogen (secondary N) is 1. The zero-order valence-corrected chi connectivity index (χ0v) is 19.4. The maximum atomic E-state index is 13.7. The number of rotatable bonds is 5. The predicted octanol–water partition coefficient (Wildman–Crippen LogP) is 5.37. The lowest BCUT2D eigenvalue weighted by Crippen LogP contribution is -2.23. The Hall–Kier alpha value is -2.90. The van der Waals surface area contributed by atoms with Gasteiger partial charge in [-0.1, -0.05) is 47.7 Å². The van der Waals surface area contributed by atoms with Gasteiger partial charge in [-0.3, -0.25) is 14.2 Å². The number of hydrogen-bond donors (Lipinski definition) is 1. The van der Waals surface area contributed by atoms with Crippen molar-refractivity contribution in [3.05, 3.63) is 81.0 Å². The number of thioether (sulfide) groups is 1. The van der Waals surface area contributed by atoms with Crippen LogP contribution < -0.4 is 10.9 Å². The smallest absolute Gasteiger partial charge is 0.267 e. The van der Waals surface area contributed by atoms with E-state index in [1.54, 1.807) is 15.9 Å². The molecule has 0 saturated heterocycles. The summed E-state index contributed by atoms with van der Waals surface area (Å²) in [5.41, 5.74) is 3.80. The Kier molecular flexibility index (Phi) is 5.85. The zero-order chi connectivity index (χ0) is 22.1. The number of benzene rings is 2. The minimum Gasteiger partial charge on any atom is -0.325 e. The maximum absolute atomic E-state index is 13.7. The number of anilines is 1. The van der Waals surface area contributed by atoms with E-state index in [2.05, 4.69) is 5.32 Å². The third-order valence-corrected chi connectivity index (χ3v) is 7.76. The van der Waals surface area contributed by atoms with E-state index in [0.717, 1.165) is 52.8 Å². The van der Waals surface area contributed by atoms with Gasteiger partial charge in [0.25, 0.3) is 5.56 Å². The van der Waals surface area contributed by atoms with E-state index in [1.807, 2.05) is 61.5 Å². The molecule has 0 radical (unpaired) electrons. The number of thiophene rings is 1. The molecule has 0 fully saturated rings. The second-order valence-electron chi connectivity index (χ2n) is 7.96. The van der Waals surface area contributed by atoms with Crippen LogP contribution in [0.2, 0.25) is 0 Å². The Bertz CT molecular complexity index is 1340. The lowest BCUT2D eigenvalue weighted by molar-refractivity contribution is -0.113. The fourth-order valence-corrected chi connectivity index (χ4v) is 6.17. The molecule has 5 rings (SSSR count). The summed E-state index contributed by atoms with van der Waals surface area (Å²) in [4.78, 5) is 33.2. The second-order valence-corrected chi connectivity index (χ2v) is 9.99. The third-order valence-electron chi connectivity index (χ3n) is 5.64. The van der Waals surface area contributed by atoms with Crippen LogP contribution in [0.5, 0.6) is 0 Å². The van der Waals surface area contributed by atoms with Crippen molar-refractivity contribution in [2.75, 3.05) is 11.1 Å². The number of aromatic nitrogens is 2. The highest BCUT2D eigenvalue weighted by atomic mass is 32.2. The molecule has 2 aromatic heterocycles. The summed E-state index contributed by atoms with van der Waals surface area (Å²) in [5, 5.41) is 4.22. The summed E-state index contributed by atoms with van der Waals surface area (Å²) >= 11 is 2.93. The summed E-state index contributed by atoms with van der Waals surface area (Å²) in [6.45, 7) is 2.01. The van der Waals surface area contributed by atoms with Crippen LogP contribution in [0.1, 0.15) is 28.8 Å². The van der Waals surface area contributed by atoms with E-state index in [4.69, 9.17) is 4.98 Å². The molecule has 162 valence electrons. The lowest BCUT2D eigenvalue weighted by atomic mass is 9.97. The number of aryl methyl sites for hydroxylation is 3. The molecule has 5 nitrogen and oxygen atoms in total. The highest BCUT2D eigenvalue weighted by Crippen LogP contribution is 2.35. The van der Waals surface area contributed by atoms with Gasteiger partial charge in [-0.15, -0.1) is 11.3 Å². The third kappa shape index (κ3) is 4.10. The lowest BCUT2D eigenvalue weighted by Gasteiger charge is -2.13. The molecule has 0 spiro atoms. The Labute approximate surface area is 194 Å². The monoisotopic (exact) mass is 461 g/mol. The Morgan fingerprint density at radius 2 is 1.84 bits per heavy atom. The van der Waals surface area contributed by atoms with Crippen molar-refractivity contribution < 1.29 is 4.79 Å². The molecule has 7 heteroatoms. The molecule has 2 aromatic carbocycles. The van der Waals surface area contributed by atoms with Gasteiger partial charge < -0.3 is 5.32 Å². The van der Waals surface area contributed by atoms with Gasteiger partial charge in [0.05, 0.1) is 16.8 Å². The van der Waals surface area contributed by atoms with Crippen molar-refractivity contribution in [2.45, 2.75) is 37.8 Å². The molecule has 0 saturated carbocycles. The van der Waals surface area contributed by atoms with Crippen molar-refractivity contribution in [3.63, 3.8) is 0 Å². The number of para-hydroxylation sites is 1. The Morgan fingerprint density at radius 1 is 1.09 bits per heavy atom. The fraction of sp³-hybridized carbons (Fsp3) is 0.240. The van der Waals surface area contributed by atoms with Crippen LogP contribution in [0, 0.1) is 6.92 Å². The van der Waals surface area contributed by atoms with Crippen molar-refractivity contribution in [1.29, 1.82) is 0 Å². The molecular weight excluding hydrogens is 438 g/mol. The second kappa shape index (κ2) is 8.92. The summed E-state index contributed by atoms with van der Waals surface area (Å²) < 4.78 is 1.66. The van der Waals surface area contributed by atoms with E-state index in [1.165, 1.54) is 22.2 Å². The molecule has 4 aromatic rings. The normalized spacial score (nSPS) is 13.2. The predicted molar refractivity (Wildman–Crippen MR) is 132 cm³/mol. The molecule has 0 unspecified atom stereocenters. The number of carbonyl (C=O) groups excluding carboxylic acids is 1. The molecule has 1 N–H and O–H groups in total. The molecule has 32 heavy (non-hydrogen) atoms. The van der Waals surface area contributed by atoms with Crippen molar-refractivity contribution in [3.8, 4) is 5.69 Å². The molecule has 0 bridgehead atoms. The first kappa shape index (κ1) is 21.0. The van der Waals surface area contributed by atoms with Crippen LogP contribution in [0.4, 0.5) is 5.69 Å². The van der Waals surface area contributed by atoms with Gasteiger partial charge in [-0.2, -0.15) is 0 Å². The van der Waals surface area contributed by atoms with E-state index in [-0.39, 0.29) is 17.2 Å². The number of nitrogens with zero attached hydrogens (tertiary/aromatic N) is 2. The number of hydrogen-bond acceptors (Lipinski definition) is 5. The Balaban J connectivity index is 1.50. The molecule has 1 amide bonds. The van der Waals surface area contributed by atoms with Gasteiger partial charge in [-0.25, -0.2) is 4.98 Å². The summed E-state index contributed by atoms with van der Waals surface area (Å²) in [6.07, 6.45) is 4.22. The first-order valence-electron chi connectivity index (χ1n) is 10.7. The highest BCUT2D eigenvalue weighted by molar-refractivity contribution is 7.99. The summed E-state index contributed by atoms with van der Waals surface area (Å²) in [7, 11) is 0. The highest BCUT2D eigenvalue weighted by Gasteiger charge is 2.23. The standard InChI is InChI=1S/C25H23N3O2S2/c1-16-11-13-17(14-12-16)26-21(29)15-31-25-27-23-22(19-9-5-6-10-20(19)32-23)24(30)28(25)18-7-3-2-4-8-18/h2-4,7-8,11-14H,5-6,9-10,15H2,1H3,(H,26,29). The van der Waals surface area contributed by atoms with Crippen LogP contribution in [-0.2, 0) is 17.6 Å². The van der Waals surface area contributed by atoms with Crippen LogP contribution >= 0.6 is 23.1 Å². The zero-order valence-electron chi connectivity index (χ0n) is 17.8. The van der Waals surface area contributed by atoms with Crippen molar-refractivity contribution >= 4 is 44.9 Å². The number of amides is 1. The molecule has 0 atom stereocenters. The molecule has 1 aliphatic carbocycles. The average molecular weight is 462 g/mol. The molecule has 0 aliphatic heterocycles. The van der Waals surface area contributed by atoms with E-state index in [0.29, 0.717) is 5.16 Å². The minimum absolute atomic E-state index is 0.0398. The van der Waals surface area contributed by atoms with Crippen LogP contribution in [0.3, 0.4) is 0 Å². The average Bonchev–Trinajstić information content (AvgIpc) is 3.18. The largest absolute Gasteiger partial charge is 0.325 e. The number of carbonyl (C=O) groups is 1. The van der Waals surface area contributed by atoms with Crippen LogP contribution in [-0.4, -0.2) is 21.2 Å². The topological polar surface area (TPSA) is 64.0 Å². The van der Waals surface area contributed by atoms with Gasteiger partial charge in [0.15, 0.2) is 5.16 Å². The number of fused-ring (bicyclic) bond motifs is 3. The molecule has 1 aliphatic rings. The van der Waals surface area contributed by atoms with Crippen LogP contribution in [0.25, 0.3) is 15.9 Å². The summed E-state index contributed by atoms with van der Waals surface area (Å²) in [6, 6.07) is 17.3. The molecule has 2 heterocycles. The first-order chi connectivity index (χ1) is 15.6. The van der Waals surface area contributed by atoms with Gasteiger partial charge in [0, 0.05) is 10.6 Å². The minimum atomic E-state index is -0.127. The van der Waals surface area contributed by atoms with Gasteiger partial charge in [-0.05, 0) is 62.4 Å². The fourth-order valence-electron chi connectivity index (χ4n) is 4.05.